The van der Waals surface area contributed by atoms with Crippen LogP contribution in [0.1, 0.15) is 42.7 Å². The molecule has 37 heavy (non-hydrogen) atoms. The van der Waals surface area contributed by atoms with Crippen LogP contribution in [0.15, 0.2) is 48.5 Å². The average Bonchev–Trinajstić information content (AvgIpc) is 3.27. The molecule has 0 fully saturated rings. The lowest BCUT2D eigenvalue weighted by atomic mass is 10.1. The number of thiazole rings is 1. The number of nitrogens with one attached hydrogen (secondary N) is 2. The summed E-state index contributed by atoms with van der Waals surface area (Å²) in [6.07, 6.45) is 1.48. The number of carbonyl (C=O) groups is 2. The van der Waals surface area contributed by atoms with Crippen molar-refractivity contribution in [3.05, 3.63) is 75.2 Å². The molecule has 198 valence electrons. The lowest BCUT2D eigenvalue weighted by Gasteiger charge is -2.22. The maximum atomic E-state index is 13.6. The second-order valence-electron chi connectivity index (χ2n) is 8.07. The molecule has 0 saturated heterocycles. The molecule has 2 amide bonds. The van der Waals surface area contributed by atoms with Crippen molar-refractivity contribution < 1.29 is 27.5 Å². The van der Waals surface area contributed by atoms with E-state index < -0.39 is 16.1 Å². The van der Waals surface area contributed by atoms with Crippen LogP contribution in [0.2, 0.25) is 0 Å². The zero-order chi connectivity index (χ0) is 27.0. The highest BCUT2D eigenvalue weighted by molar-refractivity contribution is 7.88. The topological polar surface area (TPSA) is 127 Å². The van der Waals surface area contributed by atoms with Crippen LogP contribution in [-0.2, 0) is 23.2 Å². The number of hydrogen-bond donors (Lipinski definition) is 2. The number of ether oxygens (including phenoxy) is 2. The Morgan fingerprint density at radius 1 is 1.05 bits per heavy atom. The van der Waals surface area contributed by atoms with Crippen LogP contribution in [0.3, 0.4) is 0 Å². The molecule has 1 aromatic heterocycles. The second-order valence-corrected chi connectivity index (χ2v) is 11.0. The average molecular weight is 547 g/mol. The van der Waals surface area contributed by atoms with E-state index in [1.54, 1.807) is 30.0 Å². The number of methoxy groups -OCH3 is 2. The summed E-state index contributed by atoms with van der Waals surface area (Å²) in [6, 6.07) is 14.9. The minimum absolute atomic E-state index is 0.00133. The monoisotopic (exact) mass is 546 g/mol. The van der Waals surface area contributed by atoms with E-state index in [-0.39, 0.29) is 18.1 Å². The highest BCUT2D eigenvalue weighted by Gasteiger charge is 2.23. The summed E-state index contributed by atoms with van der Waals surface area (Å²) in [6.45, 7) is 2.25. The number of carbonyl (C=O) groups excluding carboxylic acids is 2. The van der Waals surface area contributed by atoms with Gasteiger partial charge in [0.2, 0.25) is 0 Å². The summed E-state index contributed by atoms with van der Waals surface area (Å²) < 4.78 is 38.0. The van der Waals surface area contributed by atoms with Crippen molar-refractivity contribution in [2.45, 2.75) is 26.3 Å². The Kier molecular flexibility index (Phi) is 9.61. The van der Waals surface area contributed by atoms with E-state index in [4.69, 9.17) is 9.47 Å². The van der Waals surface area contributed by atoms with E-state index in [1.807, 2.05) is 39.8 Å². The molecular weight excluding hydrogens is 516 g/mol. The predicted octanol–water partition coefficient (Wildman–Crippen LogP) is 2.94. The minimum atomic E-state index is -3.97. The van der Waals surface area contributed by atoms with Gasteiger partial charge in [-0.05, 0) is 37.5 Å². The fraction of sp³-hybridized carbons (Fsp3) is 0.320. The normalized spacial score (nSPS) is 11.1. The van der Waals surface area contributed by atoms with E-state index in [2.05, 4.69) is 4.98 Å². The van der Waals surface area contributed by atoms with Crippen LogP contribution in [0, 0.1) is 6.92 Å². The number of hydrogen-bond acceptors (Lipinski definition) is 8. The van der Waals surface area contributed by atoms with Crippen molar-refractivity contribution in [1.82, 2.24) is 19.3 Å². The molecule has 0 spiro atoms. The number of benzene rings is 2. The number of rotatable bonds is 12. The van der Waals surface area contributed by atoms with Crippen LogP contribution in [-0.4, -0.2) is 57.9 Å². The molecule has 3 aromatic rings. The third kappa shape index (κ3) is 7.75. The zero-order valence-corrected chi connectivity index (χ0v) is 22.7. The van der Waals surface area contributed by atoms with Gasteiger partial charge in [-0.2, -0.15) is 8.42 Å². The maximum Gasteiger partial charge on any atom is 0.301 e. The van der Waals surface area contributed by atoms with Gasteiger partial charge >= 0.3 is 10.2 Å². The first-order valence-corrected chi connectivity index (χ1v) is 13.7. The Labute approximate surface area is 220 Å². The second kappa shape index (κ2) is 12.7. The van der Waals surface area contributed by atoms with E-state index in [0.717, 1.165) is 12.0 Å². The summed E-state index contributed by atoms with van der Waals surface area (Å²) in [7, 11) is 0.252. The standard InChI is InChI=1S/C25H30N4O6S2/c1-17-23(24(30)28-37(32,33)26-2)27-22(36-17)16-29(12-8-11-18-9-6-5-7-10-18)25(31)19-13-20(34-3)15-21(14-19)35-4/h5-7,9-10,13-15,26H,8,11-12,16H2,1-4H3,(H,28,30). The Morgan fingerprint density at radius 3 is 2.30 bits per heavy atom. The SMILES string of the molecule is CNS(=O)(=O)NC(=O)c1nc(CN(CCCc2ccccc2)C(=O)c2cc(OC)cc(OC)c2)sc1C. The lowest BCUT2D eigenvalue weighted by molar-refractivity contribution is 0.0740. The van der Waals surface area contributed by atoms with E-state index in [9.17, 15) is 18.0 Å². The highest BCUT2D eigenvalue weighted by Crippen LogP contribution is 2.25. The number of aromatic nitrogens is 1. The summed E-state index contributed by atoms with van der Waals surface area (Å²) in [4.78, 5) is 32.6. The molecule has 0 saturated carbocycles. The Morgan fingerprint density at radius 2 is 1.70 bits per heavy atom. The van der Waals surface area contributed by atoms with Crippen molar-refractivity contribution in [2.75, 3.05) is 27.8 Å². The van der Waals surface area contributed by atoms with Gasteiger partial charge in [0.15, 0.2) is 0 Å². The Bertz CT molecular complexity index is 1320. The van der Waals surface area contributed by atoms with Crippen molar-refractivity contribution in [2.24, 2.45) is 0 Å². The smallest absolute Gasteiger partial charge is 0.301 e. The van der Waals surface area contributed by atoms with Gasteiger partial charge < -0.3 is 14.4 Å². The van der Waals surface area contributed by atoms with Gasteiger partial charge in [-0.1, -0.05) is 30.3 Å². The quantitative estimate of drug-likeness (QED) is 0.358. The Hall–Kier alpha value is -3.48. The molecule has 0 unspecified atom stereocenters. The fourth-order valence-electron chi connectivity index (χ4n) is 3.60. The molecule has 0 aliphatic rings. The molecule has 0 radical (unpaired) electrons. The van der Waals surface area contributed by atoms with Crippen molar-refractivity contribution in [1.29, 1.82) is 0 Å². The summed E-state index contributed by atoms with van der Waals surface area (Å²) in [5, 5.41) is 0.507. The highest BCUT2D eigenvalue weighted by atomic mass is 32.2. The van der Waals surface area contributed by atoms with Gasteiger partial charge in [-0.15, -0.1) is 11.3 Å². The van der Waals surface area contributed by atoms with Gasteiger partial charge in [0.05, 0.1) is 20.8 Å². The molecular formula is C25H30N4O6S2. The summed E-state index contributed by atoms with van der Waals surface area (Å²) in [5.41, 5.74) is 1.55. The van der Waals surface area contributed by atoms with Crippen molar-refractivity contribution in [3.63, 3.8) is 0 Å². The van der Waals surface area contributed by atoms with Crippen LogP contribution < -0.4 is 18.9 Å². The van der Waals surface area contributed by atoms with Crippen molar-refractivity contribution >= 4 is 33.4 Å². The molecule has 3 rings (SSSR count). The molecule has 0 bridgehead atoms. The minimum Gasteiger partial charge on any atom is -0.497 e. The summed E-state index contributed by atoms with van der Waals surface area (Å²) in [5.74, 6) is -0.112. The third-order valence-corrected chi connectivity index (χ3v) is 7.45. The number of amides is 2. The van der Waals surface area contributed by atoms with E-state index in [1.165, 1.54) is 32.6 Å². The van der Waals surface area contributed by atoms with Crippen LogP contribution >= 0.6 is 11.3 Å². The van der Waals surface area contributed by atoms with Crippen molar-refractivity contribution in [3.8, 4) is 11.5 Å². The van der Waals surface area contributed by atoms with Gasteiger partial charge in [0.25, 0.3) is 11.8 Å². The first-order chi connectivity index (χ1) is 17.7. The maximum absolute atomic E-state index is 13.6. The molecule has 1 heterocycles. The predicted molar refractivity (Wildman–Crippen MR) is 141 cm³/mol. The largest absolute Gasteiger partial charge is 0.497 e. The molecule has 0 aliphatic carbocycles. The lowest BCUT2D eigenvalue weighted by Crippen LogP contribution is -2.38. The van der Waals surface area contributed by atoms with Crippen LogP contribution in [0.4, 0.5) is 0 Å². The molecule has 12 heteroatoms. The molecule has 0 atom stereocenters. The molecule has 10 nitrogen and oxygen atoms in total. The van der Waals surface area contributed by atoms with Gasteiger partial charge in [0.1, 0.15) is 22.2 Å². The first kappa shape index (κ1) is 28.1. The van der Waals surface area contributed by atoms with Gasteiger partial charge in [-0.25, -0.2) is 14.4 Å². The molecule has 2 N–H and O–H groups in total. The van der Waals surface area contributed by atoms with E-state index >= 15 is 0 Å². The Balaban J connectivity index is 1.85. The summed E-state index contributed by atoms with van der Waals surface area (Å²) >= 11 is 1.23. The number of aryl methyl sites for hydroxylation is 2. The van der Waals surface area contributed by atoms with E-state index in [0.29, 0.717) is 39.9 Å². The van der Waals surface area contributed by atoms with Crippen LogP contribution in [0.5, 0.6) is 11.5 Å². The molecule has 0 aliphatic heterocycles. The first-order valence-electron chi connectivity index (χ1n) is 11.4. The van der Waals surface area contributed by atoms with Gasteiger partial charge in [-0.3, -0.25) is 9.59 Å². The number of nitrogens with zero attached hydrogens (tertiary/aromatic N) is 2. The molecule has 2 aromatic carbocycles. The van der Waals surface area contributed by atoms with Gasteiger partial charge in [0, 0.05) is 30.1 Å². The fourth-order valence-corrected chi connectivity index (χ4v) is 4.99. The van der Waals surface area contributed by atoms with Crippen LogP contribution in [0.25, 0.3) is 0 Å². The zero-order valence-electron chi connectivity index (χ0n) is 21.1. The third-order valence-electron chi connectivity index (χ3n) is 5.50.